The summed E-state index contributed by atoms with van der Waals surface area (Å²) in [6.45, 7) is 1.74. The molecule has 21 heavy (non-hydrogen) atoms. The Morgan fingerprint density at radius 3 is 2.76 bits per heavy atom. The van der Waals surface area contributed by atoms with Crippen molar-refractivity contribution in [2.24, 2.45) is 0 Å². The van der Waals surface area contributed by atoms with Gasteiger partial charge in [-0.15, -0.1) is 0 Å². The molecule has 0 fully saturated rings. The van der Waals surface area contributed by atoms with E-state index in [-0.39, 0.29) is 28.6 Å². The lowest BCUT2D eigenvalue weighted by molar-refractivity contribution is -0.141. The van der Waals surface area contributed by atoms with E-state index in [1.807, 2.05) is 0 Å². The molecule has 0 aromatic carbocycles. The maximum Gasteiger partial charge on any atom is 0.433 e. The molecule has 0 aliphatic rings. The molecule has 9 heteroatoms. The lowest BCUT2D eigenvalue weighted by Crippen LogP contribution is -2.07. The largest absolute Gasteiger partial charge is 0.461 e. The third kappa shape index (κ3) is 3.33. The molecule has 0 radical (unpaired) electrons. The number of carbonyl (C=O) groups excluding carboxylic acids is 1. The predicted molar refractivity (Wildman–Crippen MR) is 65.7 cm³/mol. The molecule has 0 bridgehead atoms. The zero-order chi connectivity index (χ0) is 15.6. The first kappa shape index (κ1) is 15.3. The molecule has 2 aromatic heterocycles. The lowest BCUT2D eigenvalue weighted by atomic mass is 10.1. The molecule has 2 rings (SSSR count). The van der Waals surface area contributed by atoms with E-state index < -0.39 is 17.8 Å². The summed E-state index contributed by atoms with van der Waals surface area (Å²) in [4.78, 5) is 14.6. The average Bonchev–Trinajstić information content (AvgIpc) is 2.87. The minimum absolute atomic E-state index is 0.0606. The van der Waals surface area contributed by atoms with Crippen LogP contribution in [-0.2, 0) is 10.9 Å². The molecule has 0 atom stereocenters. The average molecular weight is 321 g/mol. The van der Waals surface area contributed by atoms with Crippen molar-refractivity contribution in [2.75, 3.05) is 6.61 Å². The Morgan fingerprint density at radius 1 is 1.43 bits per heavy atom. The second-order valence-corrected chi connectivity index (χ2v) is 4.25. The third-order valence-electron chi connectivity index (χ3n) is 2.41. The minimum atomic E-state index is -4.62. The highest BCUT2D eigenvalue weighted by Gasteiger charge is 2.33. The van der Waals surface area contributed by atoms with E-state index in [1.54, 1.807) is 6.92 Å². The zero-order valence-electron chi connectivity index (χ0n) is 10.6. The van der Waals surface area contributed by atoms with Crippen LogP contribution in [0.3, 0.4) is 0 Å². The Hall–Kier alpha value is -2.09. The monoisotopic (exact) mass is 320 g/mol. The fourth-order valence-corrected chi connectivity index (χ4v) is 1.68. The van der Waals surface area contributed by atoms with E-state index in [1.165, 1.54) is 0 Å². The lowest BCUT2D eigenvalue weighted by Gasteiger charge is -2.07. The van der Waals surface area contributed by atoms with Crippen molar-refractivity contribution in [2.45, 2.75) is 13.1 Å². The van der Waals surface area contributed by atoms with Crippen molar-refractivity contribution < 1.29 is 27.2 Å². The van der Waals surface area contributed by atoms with Crippen LogP contribution in [0.15, 0.2) is 22.9 Å². The number of halogens is 4. The van der Waals surface area contributed by atoms with Gasteiger partial charge in [0.1, 0.15) is 5.69 Å². The van der Waals surface area contributed by atoms with Crippen molar-refractivity contribution in [3.8, 4) is 11.3 Å². The van der Waals surface area contributed by atoms with Crippen LogP contribution in [-0.4, -0.2) is 22.7 Å². The van der Waals surface area contributed by atoms with Crippen LogP contribution in [0.4, 0.5) is 13.2 Å². The Bertz CT molecular complexity index is 670. The van der Waals surface area contributed by atoms with Crippen LogP contribution in [0, 0.1) is 0 Å². The Kier molecular flexibility index (Phi) is 4.17. The van der Waals surface area contributed by atoms with Gasteiger partial charge < -0.3 is 9.26 Å². The van der Waals surface area contributed by atoms with E-state index in [2.05, 4.69) is 10.1 Å². The third-order valence-corrected chi connectivity index (χ3v) is 2.71. The number of aromatic nitrogens is 2. The van der Waals surface area contributed by atoms with Crippen molar-refractivity contribution in [3.05, 3.63) is 34.7 Å². The van der Waals surface area contributed by atoms with Crippen molar-refractivity contribution in [1.82, 2.24) is 10.1 Å². The molecular weight excluding hydrogens is 313 g/mol. The number of pyridine rings is 1. The molecule has 0 amide bonds. The molecule has 0 saturated heterocycles. The second-order valence-electron chi connectivity index (χ2n) is 3.84. The normalized spacial score (nSPS) is 11.5. The van der Waals surface area contributed by atoms with Gasteiger partial charge >= 0.3 is 12.1 Å². The van der Waals surface area contributed by atoms with Crippen LogP contribution in [0.25, 0.3) is 11.3 Å². The van der Waals surface area contributed by atoms with E-state index in [4.69, 9.17) is 20.9 Å². The van der Waals surface area contributed by atoms with E-state index in [0.29, 0.717) is 0 Å². The maximum atomic E-state index is 12.6. The smallest absolute Gasteiger partial charge is 0.433 e. The van der Waals surface area contributed by atoms with Crippen LogP contribution >= 0.6 is 11.6 Å². The van der Waals surface area contributed by atoms with Gasteiger partial charge in [0.25, 0.3) is 0 Å². The standard InChI is InChI=1S/C12H8ClF3N2O3/c1-2-20-11(19)8-4-9(21-18-8)6-3-10(12(14,15)16)17-5-7(6)13/h3-5H,2H2,1H3. The van der Waals surface area contributed by atoms with Crippen LogP contribution in [0.5, 0.6) is 0 Å². The molecule has 0 aliphatic carbocycles. The topological polar surface area (TPSA) is 65.2 Å². The molecule has 0 saturated carbocycles. The Morgan fingerprint density at radius 2 is 2.14 bits per heavy atom. The predicted octanol–water partition coefficient (Wildman–Crippen LogP) is 3.59. The molecule has 0 aliphatic heterocycles. The van der Waals surface area contributed by atoms with Crippen molar-refractivity contribution in [3.63, 3.8) is 0 Å². The first-order chi connectivity index (χ1) is 9.82. The van der Waals surface area contributed by atoms with Gasteiger partial charge in [-0.3, -0.25) is 4.98 Å². The highest BCUT2D eigenvalue weighted by atomic mass is 35.5. The fraction of sp³-hybridized carbons (Fsp3) is 0.250. The van der Waals surface area contributed by atoms with Gasteiger partial charge in [-0.25, -0.2) is 4.79 Å². The minimum Gasteiger partial charge on any atom is -0.461 e. The fourth-order valence-electron chi connectivity index (χ4n) is 1.49. The molecular formula is C12H8ClF3N2O3. The van der Waals surface area contributed by atoms with Crippen LogP contribution < -0.4 is 0 Å². The first-order valence-corrected chi connectivity index (χ1v) is 6.07. The SMILES string of the molecule is CCOC(=O)c1cc(-c2cc(C(F)(F)F)ncc2Cl)on1. The van der Waals surface area contributed by atoms with Gasteiger partial charge in [0, 0.05) is 17.8 Å². The molecule has 2 heterocycles. The molecule has 0 unspecified atom stereocenters. The summed E-state index contributed by atoms with van der Waals surface area (Å²) >= 11 is 5.80. The van der Waals surface area contributed by atoms with Crippen molar-refractivity contribution in [1.29, 1.82) is 0 Å². The number of esters is 1. The van der Waals surface area contributed by atoms with Gasteiger partial charge in [-0.05, 0) is 13.0 Å². The summed E-state index contributed by atoms with van der Waals surface area (Å²) in [5, 5.41) is 3.37. The number of hydrogen-bond acceptors (Lipinski definition) is 5. The van der Waals surface area contributed by atoms with Gasteiger partial charge in [0.2, 0.25) is 0 Å². The Labute approximate surface area is 121 Å². The summed E-state index contributed by atoms with van der Waals surface area (Å²) < 4.78 is 47.4. The molecule has 5 nitrogen and oxygen atoms in total. The van der Waals surface area contributed by atoms with Gasteiger partial charge in [-0.1, -0.05) is 16.8 Å². The highest BCUT2D eigenvalue weighted by molar-refractivity contribution is 6.33. The van der Waals surface area contributed by atoms with Crippen LogP contribution in [0.1, 0.15) is 23.1 Å². The number of nitrogens with zero attached hydrogens (tertiary/aromatic N) is 2. The second kappa shape index (κ2) is 5.72. The number of alkyl halides is 3. The van der Waals surface area contributed by atoms with Gasteiger partial charge in [0.05, 0.1) is 11.6 Å². The quantitative estimate of drug-likeness (QED) is 0.809. The van der Waals surface area contributed by atoms with Crippen molar-refractivity contribution >= 4 is 17.6 Å². The van der Waals surface area contributed by atoms with E-state index >= 15 is 0 Å². The molecule has 0 spiro atoms. The summed E-state index contributed by atoms with van der Waals surface area (Å²) in [6.07, 6.45) is -3.77. The number of hydrogen-bond donors (Lipinski definition) is 0. The number of ether oxygens (including phenoxy) is 1. The van der Waals surface area contributed by atoms with Gasteiger partial charge in [0.15, 0.2) is 11.5 Å². The maximum absolute atomic E-state index is 12.6. The van der Waals surface area contributed by atoms with Gasteiger partial charge in [-0.2, -0.15) is 13.2 Å². The summed E-state index contributed by atoms with van der Waals surface area (Å²) in [7, 11) is 0. The molecule has 2 aromatic rings. The molecule has 0 N–H and O–H groups in total. The van der Waals surface area contributed by atoms with E-state index in [0.717, 1.165) is 18.3 Å². The van der Waals surface area contributed by atoms with E-state index in [9.17, 15) is 18.0 Å². The summed E-state index contributed by atoms with van der Waals surface area (Å²) in [6, 6.07) is 1.87. The summed E-state index contributed by atoms with van der Waals surface area (Å²) in [5.74, 6) is -0.829. The molecule has 112 valence electrons. The first-order valence-electron chi connectivity index (χ1n) is 5.70. The number of carbonyl (C=O) groups is 1. The Balaban J connectivity index is 2.40. The summed E-state index contributed by atoms with van der Waals surface area (Å²) in [5.41, 5.74) is -1.36. The van der Waals surface area contributed by atoms with Crippen LogP contribution in [0.2, 0.25) is 5.02 Å². The number of rotatable bonds is 3. The highest BCUT2D eigenvalue weighted by Crippen LogP contribution is 2.34. The zero-order valence-corrected chi connectivity index (χ0v) is 11.3.